The van der Waals surface area contributed by atoms with Crippen molar-refractivity contribution in [2.24, 2.45) is 0 Å². The molecule has 6 heteroatoms. The Morgan fingerprint density at radius 2 is 0.474 bits per heavy atom. The third kappa shape index (κ3) is 45.3. The molecule has 0 rings (SSSR count). The number of unbranched alkanes of at least 4 members (excludes halogenated alkanes) is 36. The van der Waals surface area contributed by atoms with Crippen LogP contribution in [-0.2, 0) is 28.6 Å². The Kier molecular flexibility index (Phi) is 45.8. The molecule has 6 nitrogen and oxygen atoms in total. The lowest BCUT2D eigenvalue weighted by atomic mass is 10.0. The highest BCUT2D eigenvalue weighted by atomic mass is 16.7. The molecule has 0 N–H and O–H groups in total. The molecule has 0 spiro atoms. The third-order valence-corrected chi connectivity index (χ3v) is 11.6. The molecular weight excluding hydrogens is 710 g/mol. The standard InChI is InChI=1S/C51H98O6/c1-4-7-10-13-16-19-22-25-28-31-34-37-40-43-49(52)55-46-48(57-51(54)45-42-39-36-33-30-27-24-21-18-15-12-9-6-3)47-56-50(53)44-41-38-35-32-29-26-23-20-17-14-11-8-5-2/h48H,4-47H2,1-3H3/i51+1. The second-order valence-corrected chi connectivity index (χ2v) is 17.5. The number of esters is 3. The van der Waals surface area contributed by atoms with Gasteiger partial charge < -0.3 is 14.2 Å². The van der Waals surface area contributed by atoms with Crippen LogP contribution in [0.3, 0.4) is 0 Å². The van der Waals surface area contributed by atoms with Crippen molar-refractivity contribution in [3.05, 3.63) is 0 Å². The molecule has 57 heavy (non-hydrogen) atoms. The summed E-state index contributed by atoms with van der Waals surface area (Å²) < 4.78 is 16.8. The van der Waals surface area contributed by atoms with Gasteiger partial charge in [-0.05, 0) is 19.3 Å². The smallest absolute Gasteiger partial charge is 0.306 e. The topological polar surface area (TPSA) is 78.9 Å². The Morgan fingerprint density at radius 1 is 0.281 bits per heavy atom. The summed E-state index contributed by atoms with van der Waals surface area (Å²) in [6.07, 6.45) is 49.3. The van der Waals surface area contributed by atoms with Gasteiger partial charge in [-0.1, -0.05) is 252 Å². The number of hydrogen-bond acceptors (Lipinski definition) is 6. The molecule has 0 aliphatic heterocycles. The molecular formula is C51H98O6. The van der Waals surface area contributed by atoms with Crippen molar-refractivity contribution in [2.45, 2.75) is 297 Å². The highest BCUT2D eigenvalue weighted by Gasteiger charge is 2.19. The van der Waals surface area contributed by atoms with Gasteiger partial charge in [0.15, 0.2) is 6.10 Å². The average Bonchev–Trinajstić information content (AvgIpc) is 3.21. The summed E-state index contributed by atoms with van der Waals surface area (Å²) in [5.74, 6) is -0.842. The lowest BCUT2D eigenvalue weighted by Crippen LogP contribution is -2.30. The molecule has 0 aromatic heterocycles. The molecule has 0 aromatic carbocycles. The predicted octanol–water partition coefficient (Wildman–Crippen LogP) is 16.4. The minimum absolute atomic E-state index is 0.0619. The minimum Gasteiger partial charge on any atom is -0.462 e. The first-order chi connectivity index (χ1) is 28.0. The fourth-order valence-electron chi connectivity index (χ4n) is 7.74. The summed E-state index contributed by atoms with van der Waals surface area (Å²) in [5.41, 5.74) is 0. The van der Waals surface area contributed by atoms with Crippen molar-refractivity contribution in [2.75, 3.05) is 13.2 Å². The first kappa shape index (κ1) is 55.4. The average molecular weight is 808 g/mol. The molecule has 0 aliphatic rings. The summed E-state index contributed by atoms with van der Waals surface area (Å²) in [7, 11) is 0. The Morgan fingerprint density at radius 3 is 0.702 bits per heavy atom. The first-order valence-electron chi connectivity index (χ1n) is 25.5. The Labute approximate surface area is 355 Å². The number of carbonyl (C=O) groups excluding carboxylic acids is 3. The van der Waals surface area contributed by atoms with Crippen LogP contribution in [0.1, 0.15) is 290 Å². The van der Waals surface area contributed by atoms with E-state index in [2.05, 4.69) is 20.8 Å². The largest absolute Gasteiger partial charge is 0.462 e. The van der Waals surface area contributed by atoms with Crippen LogP contribution in [0, 0.1) is 0 Å². The van der Waals surface area contributed by atoms with E-state index in [0.717, 1.165) is 57.8 Å². The highest BCUT2D eigenvalue weighted by molar-refractivity contribution is 5.71. The zero-order valence-corrected chi connectivity index (χ0v) is 38.6. The van der Waals surface area contributed by atoms with Gasteiger partial charge in [0.25, 0.3) is 0 Å². The SMILES string of the molecule is CCCCCCCCCCCCCCCC(=O)OCC(COC(=O)CCCCCCCCCCCCCCC)O[13C](=O)CCCCCCCCCCCCCCC. The quantitative estimate of drug-likeness (QED) is 0.0264. The zero-order valence-electron chi connectivity index (χ0n) is 38.6. The number of carbonyl (C=O) groups is 3. The van der Waals surface area contributed by atoms with Crippen molar-refractivity contribution in [1.29, 1.82) is 0 Å². The van der Waals surface area contributed by atoms with E-state index in [1.807, 2.05) is 0 Å². The third-order valence-electron chi connectivity index (χ3n) is 11.6. The van der Waals surface area contributed by atoms with E-state index >= 15 is 0 Å². The fraction of sp³-hybridized carbons (Fsp3) is 0.941. The fourth-order valence-corrected chi connectivity index (χ4v) is 7.74. The van der Waals surface area contributed by atoms with E-state index in [-0.39, 0.29) is 31.1 Å². The molecule has 0 amide bonds. The number of hydrogen-bond donors (Lipinski definition) is 0. The highest BCUT2D eigenvalue weighted by Crippen LogP contribution is 2.16. The molecule has 0 saturated carbocycles. The normalized spacial score (nSPS) is 11.4. The van der Waals surface area contributed by atoms with Crippen molar-refractivity contribution < 1.29 is 28.6 Å². The maximum Gasteiger partial charge on any atom is 0.306 e. The van der Waals surface area contributed by atoms with Crippen molar-refractivity contribution in [1.82, 2.24) is 0 Å². The molecule has 0 saturated heterocycles. The van der Waals surface area contributed by atoms with Gasteiger partial charge in [-0.15, -0.1) is 0 Å². The lowest BCUT2D eigenvalue weighted by molar-refractivity contribution is -0.167. The summed E-state index contributed by atoms with van der Waals surface area (Å²) in [5, 5.41) is 0. The number of ether oxygens (including phenoxy) is 3. The van der Waals surface area contributed by atoms with Gasteiger partial charge in [-0.2, -0.15) is 0 Å². The lowest BCUT2D eigenvalue weighted by Gasteiger charge is -2.18. The van der Waals surface area contributed by atoms with Crippen LogP contribution in [0.15, 0.2) is 0 Å². The van der Waals surface area contributed by atoms with Crippen molar-refractivity contribution in [3.63, 3.8) is 0 Å². The molecule has 0 atom stereocenters. The van der Waals surface area contributed by atoms with Crippen LogP contribution in [0.25, 0.3) is 0 Å². The first-order valence-corrected chi connectivity index (χ1v) is 25.5. The second-order valence-electron chi connectivity index (χ2n) is 17.5. The van der Waals surface area contributed by atoms with Gasteiger partial charge in [-0.25, -0.2) is 0 Å². The molecule has 0 unspecified atom stereocenters. The summed E-state index contributed by atoms with van der Waals surface area (Å²) >= 11 is 0. The molecule has 0 aliphatic carbocycles. The Bertz CT molecular complexity index is 798. The van der Waals surface area contributed by atoms with E-state index in [1.54, 1.807) is 0 Å². The van der Waals surface area contributed by atoms with E-state index in [4.69, 9.17) is 14.2 Å². The van der Waals surface area contributed by atoms with Gasteiger partial charge in [0.1, 0.15) is 13.2 Å². The molecule has 0 fully saturated rings. The van der Waals surface area contributed by atoms with Gasteiger partial charge in [0, 0.05) is 19.3 Å². The van der Waals surface area contributed by atoms with Gasteiger partial charge >= 0.3 is 17.9 Å². The molecule has 0 radical (unpaired) electrons. The van der Waals surface area contributed by atoms with Gasteiger partial charge in [0.2, 0.25) is 0 Å². The van der Waals surface area contributed by atoms with E-state index < -0.39 is 6.10 Å². The maximum absolute atomic E-state index is 12.8. The van der Waals surface area contributed by atoms with Crippen LogP contribution in [-0.4, -0.2) is 37.2 Å². The maximum atomic E-state index is 12.8. The number of rotatable bonds is 47. The second kappa shape index (κ2) is 47.1. The summed E-state index contributed by atoms with van der Waals surface area (Å²) in [4.78, 5) is 37.9. The summed E-state index contributed by atoms with van der Waals surface area (Å²) in [6.45, 7) is 6.67. The predicted molar refractivity (Wildman–Crippen MR) is 243 cm³/mol. The molecule has 338 valence electrons. The van der Waals surface area contributed by atoms with Crippen LogP contribution in [0.5, 0.6) is 0 Å². The van der Waals surface area contributed by atoms with Crippen molar-refractivity contribution in [3.8, 4) is 0 Å². The molecule has 0 bridgehead atoms. The zero-order chi connectivity index (χ0) is 41.5. The molecule has 0 aromatic rings. The van der Waals surface area contributed by atoms with Gasteiger partial charge in [-0.3, -0.25) is 14.4 Å². The van der Waals surface area contributed by atoms with E-state index in [9.17, 15) is 14.4 Å². The Hall–Kier alpha value is -1.59. The van der Waals surface area contributed by atoms with Crippen LogP contribution >= 0.6 is 0 Å². The molecule has 0 heterocycles. The van der Waals surface area contributed by atoms with E-state index in [0.29, 0.717) is 19.3 Å². The van der Waals surface area contributed by atoms with Gasteiger partial charge in [0.05, 0.1) is 0 Å². The van der Waals surface area contributed by atoms with Crippen molar-refractivity contribution >= 4 is 17.9 Å². The van der Waals surface area contributed by atoms with E-state index in [1.165, 1.54) is 193 Å². The Balaban J connectivity index is 4.31. The van der Waals surface area contributed by atoms with Crippen LogP contribution in [0.4, 0.5) is 0 Å². The van der Waals surface area contributed by atoms with Crippen LogP contribution in [0.2, 0.25) is 0 Å². The summed E-state index contributed by atoms with van der Waals surface area (Å²) in [6, 6.07) is 0. The monoisotopic (exact) mass is 808 g/mol. The minimum atomic E-state index is -0.759. The van der Waals surface area contributed by atoms with Crippen LogP contribution < -0.4 is 0 Å².